The van der Waals surface area contributed by atoms with Gasteiger partial charge in [-0.3, -0.25) is 14.6 Å². The number of aliphatic hydroxyl groups is 1. The molecule has 2 N–H and O–H groups in total. The summed E-state index contributed by atoms with van der Waals surface area (Å²) < 4.78 is 0. The lowest BCUT2D eigenvalue weighted by Crippen LogP contribution is -2.45. The number of amides is 1. The van der Waals surface area contributed by atoms with E-state index in [-0.39, 0.29) is 30.2 Å². The van der Waals surface area contributed by atoms with Crippen LogP contribution in [0.5, 0.6) is 0 Å². The number of rotatable bonds is 10. The van der Waals surface area contributed by atoms with Crippen LogP contribution in [0.1, 0.15) is 87.3 Å². The summed E-state index contributed by atoms with van der Waals surface area (Å²) in [6.45, 7) is 11.8. The molecule has 0 radical (unpaired) electrons. The van der Waals surface area contributed by atoms with Crippen molar-refractivity contribution in [3.8, 4) is 0 Å². The second kappa shape index (κ2) is 13.3. The first-order valence-electron chi connectivity index (χ1n) is 16.6. The maximum Gasteiger partial charge on any atom is 0.255 e. The SMILES string of the molecule is CC(C)N(C(=O)c1c(C(O)N2CCCC2CNc2ccccc2)cccc1[C@H]1N(c2ccccc2)C[C@@H]2CCCN21)C(C)C. The van der Waals surface area contributed by atoms with E-state index in [1.807, 2.05) is 29.2 Å². The number of aliphatic hydroxyl groups excluding tert-OH is 1. The molecule has 2 unspecified atom stereocenters. The molecule has 234 valence electrons. The minimum absolute atomic E-state index is 0.00784. The van der Waals surface area contributed by atoms with Gasteiger partial charge >= 0.3 is 0 Å². The Morgan fingerprint density at radius 3 is 2.27 bits per heavy atom. The first-order valence-corrected chi connectivity index (χ1v) is 16.6. The van der Waals surface area contributed by atoms with Gasteiger partial charge in [-0.15, -0.1) is 0 Å². The molecule has 0 spiro atoms. The molecule has 3 aromatic carbocycles. The molecule has 3 aromatic rings. The fraction of sp³-hybridized carbons (Fsp3) is 0.486. The minimum Gasteiger partial charge on any atom is -0.383 e. The smallest absolute Gasteiger partial charge is 0.255 e. The van der Waals surface area contributed by atoms with Crippen molar-refractivity contribution in [1.29, 1.82) is 0 Å². The number of hydrogen-bond acceptors (Lipinski definition) is 6. The lowest BCUT2D eigenvalue weighted by molar-refractivity contribution is -0.00527. The van der Waals surface area contributed by atoms with Crippen LogP contribution in [0, 0.1) is 0 Å². The van der Waals surface area contributed by atoms with E-state index < -0.39 is 6.23 Å². The molecular formula is C37H49N5O2. The highest BCUT2D eigenvalue weighted by Gasteiger charge is 2.45. The topological polar surface area (TPSA) is 62.3 Å². The summed E-state index contributed by atoms with van der Waals surface area (Å²) in [5, 5.41) is 15.8. The van der Waals surface area contributed by atoms with Crippen molar-refractivity contribution in [2.24, 2.45) is 0 Å². The standard InChI is InChI=1S/C37H49N5O2/c1-26(2)42(27(3)4)37(44)34-32(35-39-22-13-19-31(39)25-41(35)29-16-9-6-10-17-29)20-11-21-33(34)36(43)40-23-12-18-30(40)24-38-28-14-7-5-8-15-28/h5-11,14-17,20-21,26-27,30-31,35-36,38,43H,12-13,18-19,22-25H2,1-4H3/t30?,31-,35+,36?/m0/s1. The number of hydrogen-bond donors (Lipinski definition) is 2. The number of nitrogens with zero attached hydrogens (tertiary/aromatic N) is 4. The van der Waals surface area contributed by atoms with E-state index in [4.69, 9.17) is 0 Å². The number of benzene rings is 3. The van der Waals surface area contributed by atoms with Gasteiger partial charge in [0.2, 0.25) is 0 Å². The third-order valence-corrected chi connectivity index (χ3v) is 9.83. The summed E-state index contributed by atoms with van der Waals surface area (Å²) in [5.74, 6) is 0.00784. The van der Waals surface area contributed by atoms with Crippen molar-refractivity contribution in [1.82, 2.24) is 14.7 Å². The summed E-state index contributed by atoms with van der Waals surface area (Å²) >= 11 is 0. The minimum atomic E-state index is -0.874. The molecule has 3 fully saturated rings. The number of likely N-dealkylation sites (tertiary alicyclic amines) is 1. The van der Waals surface area contributed by atoms with Crippen LogP contribution >= 0.6 is 0 Å². The van der Waals surface area contributed by atoms with E-state index in [2.05, 4.69) is 102 Å². The monoisotopic (exact) mass is 595 g/mol. The lowest BCUT2D eigenvalue weighted by atomic mass is 9.94. The molecule has 3 aliphatic heterocycles. The normalized spacial score (nSPS) is 23.0. The number of nitrogens with one attached hydrogen (secondary N) is 1. The van der Waals surface area contributed by atoms with E-state index in [0.717, 1.165) is 55.8 Å². The largest absolute Gasteiger partial charge is 0.383 e. The van der Waals surface area contributed by atoms with Crippen LogP contribution in [-0.4, -0.2) is 76.1 Å². The van der Waals surface area contributed by atoms with E-state index in [1.165, 1.54) is 18.5 Å². The zero-order valence-electron chi connectivity index (χ0n) is 26.8. The fourth-order valence-electron chi connectivity index (χ4n) is 7.92. The Morgan fingerprint density at radius 1 is 0.886 bits per heavy atom. The third-order valence-electron chi connectivity index (χ3n) is 9.83. The summed E-state index contributed by atoms with van der Waals surface area (Å²) in [7, 11) is 0. The second-order valence-corrected chi connectivity index (χ2v) is 13.3. The third kappa shape index (κ3) is 5.97. The Morgan fingerprint density at radius 2 is 1.57 bits per heavy atom. The van der Waals surface area contributed by atoms with Gasteiger partial charge in [0.1, 0.15) is 12.4 Å². The first-order chi connectivity index (χ1) is 21.3. The molecule has 3 saturated heterocycles. The molecular weight excluding hydrogens is 546 g/mol. The van der Waals surface area contributed by atoms with Gasteiger partial charge in [-0.25, -0.2) is 0 Å². The number of para-hydroxylation sites is 2. The highest BCUT2D eigenvalue weighted by Crippen LogP contribution is 2.44. The Kier molecular flexibility index (Phi) is 9.26. The summed E-state index contributed by atoms with van der Waals surface area (Å²) in [6.07, 6.45) is 3.42. The lowest BCUT2D eigenvalue weighted by Gasteiger charge is -2.38. The zero-order chi connectivity index (χ0) is 30.8. The van der Waals surface area contributed by atoms with E-state index in [0.29, 0.717) is 11.6 Å². The van der Waals surface area contributed by atoms with Gasteiger partial charge < -0.3 is 20.2 Å². The fourth-order valence-corrected chi connectivity index (χ4v) is 7.92. The molecule has 7 nitrogen and oxygen atoms in total. The molecule has 0 saturated carbocycles. The van der Waals surface area contributed by atoms with E-state index in [9.17, 15) is 9.90 Å². The zero-order valence-corrected chi connectivity index (χ0v) is 26.8. The molecule has 0 aliphatic carbocycles. The van der Waals surface area contributed by atoms with Gasteiger partial charge in [0.25, 0.3) is 5.91 Å². The first kappa shape index (κ1) is 30.6. The van der Waals surface area contributed by atoms with Gasteiger partial charge in [0, 0.05) is 72.8 Å². The quantitative estimate of drug-likeness (QED) is 0.279. The average molecular weight is 596 g/mol. The van der Waals surface area contributed by atoms with Crippen LogP contribution in [0.4, 0.5) is 11.4 Å². The number of fused-ring (bicyclic) bond motifs is 1. The summed E-state index contributed by atoms with van der Waals surface area (Å²) in [4.78, 5) is 24.1. The maximum atomic E-state index is 14.8. The predicted octanol–water partition coefficient (Wildman–Crippen LogP) is 6.50. The van der Waals surface area contributed by atoms with Crippen molar-refractivity contribution in [2.75, 3.05) is 36.4 Å². The Hall–Kier alpha value is -3.39. The maximum absolute atomic E-state index is 14.8. The highest BCUT2D eigenvalue weighted by molar-refractivity contribution is 5.98. The van der Waals surface area contributed by atoms with Crippen molar-refractivity contribution >= 4 is 17.3 Å². The molecule has 3 heterocycles. The Bertz CT molecular complexity index is 1390. The van der Waals surface area contributed by atoms with Crippen LogP contribution in [0.15, 0.2) is 78.9 Å². The number of carbonyl (C=O) groups is 1. The van der Waals surface area contributed by atoms with Crippen molar-refractivity contribution in [3.05, 3.63) is 95.6 Å². The molecule has 6 rings (SSSR count). The van der Waals surface area contributed by atoms with Gasteiger partial charge in [-0.2, -0.15) is 0 Å². The molecule has 44 heavy (non-hydrogen) atoms. The summed E-state index contributed by atoms with van der Waals surface area (Å²) in [5.41, 5.74) is 4.65. The van der Waals surface area contributed by atoms with Crippen LogP contribution in [0.2, 0.25) is 0 Å². The molecule has 7 heteroatoms. The van der Waals surface area contributed by atoms with Crippen molar-refractivity contribution in [3.63, 3.8) is 0 Å². The van der Waals surface area contributed by atoms with Crippen LogP contribution < -0.4 is 10.2 Å². The second-order valence-electron chi connectivity index (χ2n) is 13.3. The molecule has 4 atom stereocenters. The van der Waals surface area contributed by atoms with Gasteiger partial charge in [-0.1, -0.05) is 54.6 Å². The van der Waals surface area contributed by atoms with Crippen molar-refractivity contribution in [2.45, 2.75) is 89.9 Å². The summed E-state index contributed by atoms with van der Waals surface area (Å²) in [6, 6.07) is 27.7. The average Bonchev–Trinajstić information content (AvgIpc) is 3.76. The highest BCUT2D eigenvalue weighted by atomic mass is 16.3. The predicted molar refractivity (Wildman–Crippen MR) is 179 cm³/mol. The van der Waals surface area contributed by atoms with Crippen LogP contribution in [0.3, 0.4) is 0 Å². The molecule has 0 bridgehead atoms. The van der Waals surface area contributed by atoms with Gasteiger partial charge in [-0.05, 0) is 77.6 Å². The molecule has 3 aliphatic rings. The van der Waals surface area contributed by atoms with Gasteiger partial charge in [0.05, 0.1) is 5.56 Å². The van der Waals surface area contributed by atoms with Gasteiger partial charge in [0.15, 0.2) is 0 Å². The molecule has 0 aromatic heterocycles. The van der Waals surface area contributed by atoms with Crippen LogP contribution in [-0.2, 0) is 0 Å². The number of carbonyl (C=O) groups excluding carboxylic acids is 1. The van der Waals surface area contributed by atoms with E-state index >= 15 is 0 Å². The Labute approximate surface area is 263 Å². The van der Waals surface area contributed by atoms with Crippen LogP contribution in [0.25, 0.3) is 0 Å². The Balaban J connectivity index is 1.41. The van der Waals surface area contributed by atoms with E-state index in [1.54, 1.807) is 0 Å². The molecule has 1 amide bonds. The number of anilines is 2. The van der Waals surface area contributed by atoms with Crippen molar-refractivity contribution < 1.29 is 9.90 Å².